The van der Waals surface area contributed by atoms with Gasteiger partial charge in [-0.2, -0.15) is 5.26 Å². The van der Waals surface area contributed by atoms with E-state index in [-0.39, 0.29) is 12.0 Å². The molecule has 9 heteroatoms. The Labute approximate surface area is 305 Å². The number of esters is 1. The predicted molar refractivity (Wildman–Crippen MR) is 208 cm³/mol. The van der Waals surface area contributed by atoms with E-state index in [1.54, 1.807) is 33.3 Å². The SMILES string of the molecule is C=C/C=C(Cl)\C(=C/C)C(=C)NC(CC1=CC=CC(C)C=C1)C(=O)OCC.CC.CCC(=S)N1CCc2cc(OC)c(OC)cc2C1CC#N. The Balaban J connectivity index is 0.000000475. The lowest BCUT2D eigenvalue weighted by atomic mass is 9.90. The molecule has 3 rings (SSSR count). The van der Waals surface area contributed by atoms with Gasteiger partial charge in [0, 0.05) is 29.3 Å². The smallest absolute Gasteiger partial charge is 0.328 e. The van der Waals surface area contributed by atoms with Gasteiger partial charge in [-0.05, 0) is 67.5 Å². The number of allylic oxidation sites excluding steroid dienone is 9. The van der Waals surface area contributed by atoms with Crippen molar-refractivity contribution in [2.45, 2.75) is 79.3 Å². The van der Waals surface area contributed by atoms with Gasteiger partial charge in [0.15, 0.2) is 11.5 Å². The van der Waals surface area contributed by atoms with Crippen molar-refractivity contribution < 1.29 is 19.0 Å². The van der Waals surface area contributed by atoms with Crippen LogP contribution in [0.25, 0.3) is 0 Å². The molecule has 1 N–H and O–H groups in total. The number of hydrogen-bond acceptors (Lipinski definition) is 7. The molecule has 3 atom stereocenters. The van der Waals surface area contributed by atoms with Crippen LogP contribution in [0.2, 0.25) is 0 Å². The van der Waals surface area contributed by atoms with Gasteiger partial charge in [-0.3, -0.25) is 0 Å². The third-order valence-corrected chi connectivity index (χ3v) is 8.60. The van der Waals surface area contributed by atoms with Gasteiger partial charge in [0.25, 0.3) is 0 Å². The summed E-state index contributed by atoms with van der Waals surface area (Å²) in [4.78, 5) is 15.5. The lowest BCUT2D eigenvalue weighted by molar-refractivity contribution is -0.145. The molecule has 1 aliphatic carbocycles. The maximum atomic E-state index is 12.4. The molecule has 7 nitrogen and oxygen atoms in total. The molecule has 1 aliphatic heterocycles. The van der Waals surface area contributed by atoms with Crippen LogP contribution in [0, 0.1) is 17.2 Å². The summed E-state index contributed by atoms with van der Waals surface area (Å²) in [6.07, 6.45) is 18.0. The second-order valence-electron chi connectivity index (χ2n) is 10.9. The van der Waals surface area contributed by atoms with Crippen LogP contribution in [0.1, 0.15) is 78.0 Å². The summed E-state index contributed by atoms with van der Waals surface area (Å²) in [6, 6.07) is 5.74. The number of nitrogens with zero attached hydrogens (tertiary/aromatic N) is 2. The van der Waals surface area contributed by atoms with E-state index in [9.17, 15) is 4.79 Å². The highest BCUT2D eigenvalue weighted by Crippen LogP contribution is 2.39. The largest absolute Gasteiger partial charge is 0.493 e. The second-order valence-corrected chi connectivity index (χ2v) is 11.8. The summed E-state index contributed by atoms with van der Waals surface area (Å²) in [5.74, 6) is 1.48. The molecule has 2 aliphatic rings. The van der Waals surface area contributed by atoms with Crippen LogP contribution in [0.15, 0.2) is 95.8 Å². The Kier molecular flexibility index (Phi) is 20.4. The van der Waals surface area contributed by atoms with Gasteiger partial charge in [0.1, 0.15) is 6.04 Å². The lowest BCUT2D eigenvalue weighted by Gasteiger charge is -2.38. The molecule has 49 heavy (non-hydrogen) atoms. The van der Waals surface area contributed by atoms with E-state index in [1.165, 1.54) is 5.56 Å². The van der Waals surface area contributed by atoms with Crippen molar-refractivity contribution >= 4 is 34.8 Å². The Morgan fingerprint density at radius 2 is 1.90 bits per heavy atom. The minimum Gasteiger partial charge on any atom is -0.493 e. The van der Waals surface area contributed by atoms with E-state index in [4.69, 9.17) is 43.3 Å². The van der Waals surface area contributed by atoms with Gasteiger partial charge in [-0.1, -0.05) is 107 Å². The standard InChI is InChI=1S/C22H28ClNO2.C16H20N2O2S.C2H6/c1-6-10-20(23)19(7-2)17(5)24-21(22(25)26-8-3)15-18-12-9-11-16(4)13-14-18;1-4-16(21)18-8-6-11-9-14(19-2)15(20-3)10-12(11)13(18)5-7-17;1-2/h6-7,9-14,16,21,24H,1,5,8,15H2,2-4H3;9-10,13H,4-6,8H2,1-3H3;1-2H3/b19-7-,20-10+;;. The van der Waals surface area contributed by atoms with E-state index in [1.807, 2.05) is 57.2 Å². The van der Waals surface area contributed by atoms with Crippen molar-refractivity contribution in [3.05, 3.63) is 107 Å². The molecule has 0 fully saturated rings. The molecule has 0 radical (unpaired) electrons. The summed E-state index contributed by atoms with van der Waals surface area (Å²) in [6.45, 7) is 20.7. The van der Waals surface area contributed by atoms with Crippen LogP contribution in [-0.2, 0) is 16.0 Å². The number of halogens is 1. The molecule has 3 unspecified atom stereocenters. The summed E-state index contributed by atoms with van der Waals surface area (Å²) in [5.41, 5.74) is 4.66. The van der Waals surface area contributed by atoms with Crippen molar-refractivity contribution in [3.8, 4) is 17.6 Å². The molecule has 1 heterocycles. The normalized spacial score (nSPS) is 17.2. The first-order valence-corrected chi connectivity index (χ1v) is 17.6. The van der Waals surface area contributed by atoms with Crippen molar-refractivity contribution in [2.24, 2.45) is 5.92 Å². The second kappa shape index (κ2) is 23.3. The number of benzene rings is 1. The topological polar surface area (TPSA) is 83.8 Å². The summed E-state index contributed by atoms with van der Waals surface area (Å²) in [7, 11) is 3.26. The molecule has 0 saturated carbocycles. The van der Waals surface area contributed by atoms with E-state index in [2.05, 4.69) is 55.4 Å². The minimum atomic E-state index is -0.552. The Morgan fingerprint density at radius 1 is 1.22 bits per heavy atom. The number of nitrogens with one attached hydrogen (secondary N) is 1. The first-order valence-electron chi connectivity index (χ1n) is 16.8. The van der Waals surface area contributed by atoms with Gasteiger partial charge in [-0.15, -0.1) is 0 Å². The number of carbonyl (C=O) groups excluding carboxylic acids is 1. The average Bonchev–Trinajstić information content (AvgIpc) is 3.32. The van der Waals surface area contributed by atoms with E-state index < -0.39 is 6.04 Å². The van der Waals surface area contributed by atoms with Gasteiger partial charge < -0.3 is 24.4 Å². The molecule has 1 aromatic rings. The van der Waals surface area contributed by atoms with Crippen molar-refractivity contribution in [2.75, 3.05) is 27.4 Å². The van der Waals surface area contributed by atoms with Crippen LogP contribution in [0.3, 0.4) is 0 Å². The van der Waals surface area contributed by atoms with Crippen LogP contribution in [0.4, 0.5) is 0 Å². The molecule has 0 aromatic heterocycles. The van der Waals surface area contributed by atoms with Crippen molar-refractivity contribution in [3.63, 3.8) is 0 Å². The summed E-state index contributed by atoms with van der Waals surface area (Å²) in [5, 5.41) is 12.9. The summed E-state index contributed by atoms with van der Waals surface area (Å²) >= 11 is 11.7. The van der Waals surface area contributed by atoms with Gasteiger partial charge >= 0.3 is 5.97 Å². The monoisotopic (exact) mass is 707 g/mol. The van der Waals surface area contributed by atoms with Crippen LogP contribution < -0.4 is 14.8 Å². The van der Waals surface area contributed by atoms with Gasteiger partial charge in [0.2, 0.25) is 0 Å². The van der Waals surface area contributed by atoms with E-state index >= 15 is 0 Å². The van der Waals surface area contributed by atoms with Gasteiger partial charge in [-0.25, -0.2) is 4.79 Å². The molecule has 0 saturated heterocycles. The fraction of sp³-hybridized carbons (Fsp3) is 0.425. The van der Waals surface area contributed by atoms with Crippen molar-refractivity contribution in [1.29, 1.82) is 5.26 Å². The van der Waals surface area contributed by atoms with Gasteiger partial charge in [0.05, 0.1) is 44.3 Å². The zero-order valence-corrected chi connectivity index (χ0v) is 32.0. The fourth-order valence-corrected chi connectivity index (χ4v) is 5.86. The third-order valence-electron chi connectivity index (χ3n) is 7.74. The first-order chi connectivity index (χ1) is 23.6. The van der Waals surface area contributed by atoms with Crippen LogP contribution in [0.5, 0.6) is 11.5 Å². The molecule has 0 spiro atoms. The third kappa shape index (κ3) is 13.1. The molecule has 1 aromatic carbocycles. The number of fused-ring (bicyclic) bond motifs is 1. The average molecular weight is 708 g/mol. The fourth-order valence-electron chi connectivity index (χ4n) is 5.33. The number of carbonyl (C=O) groups is 1. The minimum absolute atomic E-state index is 0.00556. The number of thiocarbonyl (C=S) groups is 1. The van der Waals surface area contributed by atoms with Crippen LogP contribution >= 0.6 is 23.8 Å². The Hall–Kier alpha value is -4.06. The molecule has 266 valence electrons. The van der Waals surface area contributed by atoms with Crippen LogP contribution in [-0.4, -0.2) is 49.3 Å². The zero-order chi connectivity index (χ0) is 36.9. The quantitative estimate of drug-likeness (QED) is 0.123. The van der Waals surface area contributed by atoms with E-state index in [0.717, 1.165) is 46.8 Å². The highest BCUT2D eigenvalue weighted by Gasteiger charge is 2.30. The number of nitriles is 1. The Morgan fingerprint density at radius 3 is 2.47 bits per heavy atom. The molecular weight excluding hydrogens is 654 g/mol. The summed E-state index contributed by atoms with van der Waals surface area (Å²) < 4.78 is 16.0. The predicted octanol–water partition coefficient (Wildman–Crippen LogP) is 9.64. The number of hydrogen-bond donors (Lipinski definition) is 1. The zero-order valence-electron chi connectivity index (χ0n) is 30.5. The molecule has 0 bridgehead atoms. The number of rotatable bonds is 13. The first kappa shape index (κ1) is 43.0. The maximum absolute atomic E-state index is 12.4. The Bertz CT molecular complexity index is 1480. The maximum Gasteiger partial charge on any atom is 0.328 e. The number of methoxy groups -OCH3 is 2. The highest BCUT2D eigenvalue weighted by molar-refractivity contribution is 7.80. The lowest BCUT2D eigenvalue weighted by Crippen LogP contribution is -2.38. The highest BCUT2D eigenvalue weighted by atomic mass is 35.5. The molecular formula is C40H54ClN3O4S. The van der Waals surface area contributed by atoms with Crippen molar-refractivity contribution in [1.82, 2.24) is 10.2 Å². The van der Waals surface area contributed by atoms with E-state index in [0.29, 0.717) is 41.8 Å². The number of ether oxygens (including phenoxy) is 3. The molecule has 0 amide bonds.